The van der Waals surface area contributed by atoms with Crippen LogP contribution in [-0.2, 0) is 9.53 Å². The molecule has 0 aromatic carbocycles. The number of nitrogens with two attached hydrogens (primary N) is 1. The van der Waals surface area contributed by atoms with Crippen LogP contribution in [0.2, 0.25) is 0 Å². The Kier molecular flexibility index (Phi) is 5.04. The minimum absolute atomic E-state index is 0.0444. The second kappa shape index (κ2) is 6.53. The zero-order chi connectivity index (χ0) is 14.4. The van der Waals surface area contributed by atoms with Crippen molar-refractivity contribution in [2.45, 2.75) is 26.4 Å². The maximum absolute atomic E-state index is 11.5. The Labute approximate surface area is 109 Å². The van der Waals surface area contributed by atoms with Crippen molar-refractivity contribution < 1.29 is 19.2 Å². The van der Waals surface area contributed by atoms with Gasteiger partial charge in [0.2, 0.25) is 11.7 Å². The van der Waals surface area contributed by atoms with Crippen LogP contribution < -0.4 is 10.5 Å². The summed E-state index contributed by atoms with van der Waals surface area (Å²) in [6.07, 6.45) is -0.425. The highest BCUT2D eigenvalue weighted by Crippen LogP contribution is 2.22. The number of hydrogen-bond acceptors (Lipinski definition) is 7. The molecule has 19 heavy (non-hydrogen) atoms. The molecule has 1 aromatic heterocycles. The van der Waals surface area contributed by atoms with Gasteiger partial charge in [-0.1, -0.05) is 6.92 Å². The monoisotopic (exact) mass is 269 g/mol. The fourth-order valence-corrected chi connectivity index (χ4v) is 1.35. The van der Waals surface area contributed by atoms with Gasteiger partial charge in [0.15, 0.2) is 6.10 Å². The molecule has 1 rings (SSSR count). The van der Waals surface area contributed by atoms with E-state index in [0.717, 1.165) is 0 Å². The van der Waals surface area contributed by atoms with E-state index in [1.54, 1.807) is 13.8 Å². The number of esters is 1. The lowest BCUT2D eigenvalue weighted by atomic mass is 10.3. The van der Waals surface area contributed by atoms with Crippen LogP contribution in [0.3, 0.4) is 0 Å². The Balaban J connectivity index is 2.84. The lowest BCUT2D eigenvalue weighted by molar-refractivity contribution is -0.384. The first kappa shape index (κ1) is 14.7. The highest BCUT2D eigenvalue weighted by Gasteiger charge is 2.21. The molecule has 0 aliphatic rings. The maximum atomic E-state index is 11.5. The van der Waals surface area contributed by atoms with E-state index in [4.69, 9.17) is 15.2 Å². The molecule has 1 aromatic rings. The van der Waals surface area contributed by atoms with Crippen LogP contribution in [0, 0.1) is 10.1 Å². The van der Waals surface area contributed by atoms with Crippen LogP contribution in [0.15, 0.2) is 12.1 Å². The third-order valence-corrected chi connectivity index (χ3v) is 2.26. The summed E-state index contributed by atoms with van der Waals surface area (Å²) in [5.41, 5.74) is 5.12. The van der Waals surface area contributed by atoms with Crippen LogP contribution in [0.25, 0.3) is 0 Å². The molecule has 0 aliphatic carbocycles. The van der Waals surface area contributed by atoms with Gasteiger partial charge >= 0.3 is 11.7 Å². The molecule has 8 heteroatoms. The molecule has 0 radical (unpaired) electrons. The molecule has 0 fully saturated rings. The molecular formula is C11H15N3O5. The topological polar surface area (TPSA) is 118 Å². The maximum Gasteiger partial charge on any atom is 0.347 e. The zero-order valence-corrected chi connectivity index (χ0v) is 10.7. The predicted molar refractivity (Wildman–Crippen MR) is 66.6 cm³/mol. The first-order valence-corrected chi connectivity index (χ1v) is 5.73. The minimum Gasteiger partial charge on any atom is -0.463 e. The van der Waals surface area contributed by atoms with Crippen molar-refractivity contribution in [3.8, 4) is 5.88 Å². The number of ether oxygens (including phenoxy) is 2. The van der Waals surface area contributed by atoms with Crippen LogP contribution in [0.5, 0.6) is 5.88 Å². The Bertz CT molecular complexity index is 477. The lowest BCUT2D eigenvalue weighted by Crippen LogP contribution is -2.29. The summed E-state index contributed by atoms with van der Waals surface area (Å²) < 4.78 is 10.1. The average Bonchev–Trinajstić information content (AvgIpc) is 2.35. The Morgan fingerprint density at radius 2 is 2.21 bits per heavy atom. The van der Waals surface area contributed by atoms with E-state index >= 15 is 0 Å². The van der Waals surface area contributed by atoms with Crippen molar-refractivity contribution >= 4 is 17.5 Å². The molecule has 0 aliphatic heterocycles. The lowest BCUT2D eigenvalue weighted by Gasteiger charge is -2.15. The molecular weight excluding hydrogens is 254 g/mol. The summed E-state index contributed by atoms with van der Waals surface area (Å²) in [6.45, 7) is 3.68. The van der Waals surface area contributed by atoms with Crippen molar-refractivity contribution in [1.29, 1.82) is 0 Å². The van der Waals surface area contributed by atoms with E-state index in [0.29, 0.717) is 6.42 Å². The van der Waals surface area contributed by atoms with Crippen molar-refractivity contribution in [3.63, 3.8) is 0 Å². The van der Waals surface area contributed by atoms with Crippen LogP contribution in [-0.4, -0.2) is 28.6 Å². The van der Waals surface area contributed by atoms with Crippen molar-refractivity contribution in [1.82, 2.24) is 4.98 Å². The van der Waals surface area contributed by atoms with Gasteiger partial charge in [-0.2, -0.15) is 4.98 Å². The normalized spacial score (nSPS) is 11.7. The number of rotatable bonds is 6. The number of aromatic nitrogens is 1. The van der Waals surface area contributed by atoms with Crippen molar-refractivity contribution in [3.05, 3.63) is 22.2 Å². The third kappa shape index (κ3) is 3.80. The largest absolute Gasteiger partial charge is 0.463 e. The van der Waals surface area contributed by atoms with E-state index in [1.165, 1.54) is 12.1 Å². The first-order chi connectivity index (χ1) is 8.99. The summed E-state index contributed by atoms with van der Waals surface area (Å²) in [5, 5.41) is 10.6. The van der Waals surface area contributed by atoms with Gasteiger partial charge in [-0.15, -0.1) is 0 Å². The second-order valence-electron chi connectivity index (χ2n) is 3.58. The zero-order valence-electron chi connectivity index (χ0n) is 10.7. The van der Waals surface area contributed by atoms with E-state index in [2.05, 4.69) is 4.98 Å². The van der Waals surface area contributed by atoms with Gasteiger partial charge in [0.05, 0.1) is 11.5 Å². The Morgan fingerprint density at radius 3 is 2.68 bits per heavy atom. The number of carbonyl (C=O) groups excluding carboxylic acids is 1. The second-order valence-corrected chi connectivity index (χ2v) is 3.58. The van der Waals surface area contributed by atoms with E-state index in [1.807, 2.05) is 0 Å². The van der Waals surface area contributed by atoms with Gasteiger partial charge in [-0.25, -0.2) is 4.79 Å². The molecule has 1 unspecified atom stereocenters. The number of nitro groups is 1. The predicted octanol–water partition coefficient (Wildman–Crippen LogP) is 1.29. The first-order valence-electron chi connectivity index (χ1n) is 5.73. The van der Waals surface area contributed by atoms with E-state index < -0.39 is 17.0 Å². The molecule has 0 saturated heterocycles. The molecule has 2 N–H and O–H groups in total. The van der Waals surface area contributed by atoms with Crippen molar-refractivity contribution in [2.24, 2.45) is 0 Å². The van der Waals surface area contributed by atoms with Gasteiger partial charge in [-0.3, -0.25) is 10.1 Å². The summed E-state index contributed by atoms with van der Waals surface area (Å²) in [5.74, 6) is -0.729. The molecule has 1 atom stereocenters. The highest BCUT2D eigenvalue weighted by molar-refractivity contribution is 5.75. The van der Waals surface area contributed by atoms with Crippen molar-refractivity contribution in [2.75, 3.05) is 12.3 Å². The number of carbonyl (C=O) groups is 1. The smallest absolute Gasteiger partial charge is 0.347 e. The molecule has 0 bridgehead atoms. The average molecular weight is 269 g/mol. The minimum atomic E-state index is -0.812. The fourth-order valence-electron chi connectivity index (χ4n) is 1.35. The third-order valence-electron chi connectivity index (χ3n) is 2.26. The Hall–Kier alpha value is -2.38. The molecule has 8 nitrogen and oxygen atoms in total. The van der Waals surface area contributed by atoms with Crippen LogP contribution in [0.4, 0.5) is 11.5 Å². The quantitative estimate of drug-likeness (QED) is 0.469. The van der Waals surface area contributed by atoms with Gasteiger partial charge in [0, 0.05) is 12.1 Å². The SMILES string of the molecule is CCOC(=O)C(CC)Oc1ccc([N+](=O)[O-])c(N)n1. The summed E-state index contributed by atoms with van der Waals surface area (Å²) in [7, 11) is 0. The van der Waals surface area contributed by atoms with Gasteiger partial charge in [-0.05, 0) is 13.3 Å². The highest BCUT2D eigenvalue weighted by atomic mass is 16.6. The number of nitrogens with zero attached hydrogens (tertiary/aromatic N) is 2. The summed E-state index contributed by atoms with van der Waals surface area (Å²) in [6, 6.07) is 2.46. The summed E-state index contributed by atoms with van der Waals surface area (Å²) >= 11 is 0. The molecule has 0 amide bonds. The Morgan fingerprint density at radius 1 is 1.53 bits per heavy atom. The van der Waals surface area contributed by atoms with Gasteiger partial charge in [0.1, 0.15) is 0 Å². The van der Waals surface area contributed by atoms with Crippen LogP contribution >= 0.6 is 0 Å². The van der Waals surface area contributed by atoms with Gasteiger partial charge < -0.3 is 15.2 Å². The van der Waals surface area contributed by atoms with E-state index in [9.17, 15) is 14.9 Å². The number of hydrogen-bond donors (Lipinski definition) is 1. The molecule has 0 saturated carbocycles. The number of pyridine rings is 1. The summed E-state index contributed by atoms with van der Waals surface area (Å²) in [4.78, 5) is 25.2. The molecule has 1 heterocycles. The molecule has 104 valence electrons. The van der Waals surface area contributed by atoms with Gasteiger partial charge in [0.25, 0.3) is 0 Å². The standard InChI is InChI=1S/C11H15N3O5/c1-3-8(11(15)18-4-2)19-9-6-5-7(14(16)17)10(12)13-9/h5-6,8H,3-4H2,1-2H3,(H2,12,13). The fraction of sp³-hybridized carbons (Fsp3) is 0.455. The molecule has 0 spiro atoms. The number of anilines is 1. The van der Waals surface area contributed by atoms with Crippen LogP contribution in [0.1, 0.15) is 20.3 Å². The number of nitrogen functional groups attached to an aromatic ring is 1. The van der Waals surface area contributed by atoms with E-state index in [-0.39, 0.29) is 24.0 Å².